The third kappa shape index (κ3) is 2.90. The zero-order valence-electron chi connectivity index (χ0n) is 21.5. The number of hydrogen-bond donors (Lipinski definition) is 0. The van der Waals surface area contributed by atoms with Gasteiger partial charge in [0.15, 0.2) is 0 Å². The van der Waals surface area contributed by atoms with Crippen LogP contribution in [-0.2, 0) is 0 Å². The molecule has 40 heavy (non-hydrogen) atoms. The molecule has 0 radical (unpaired) electrons. The number of rotatable bonds is 2. The summed E-state index contributed by atoms with van der Waals surface area (Å²) in [6.45, 7) is 0. The summed E-state index contributed by atoms with van der Waals surface area (Å²) in [7, 11) is 0. The highest BCUT2D eigenvalue weighted by Crippen LogP contribution is 2.41. The van der Waals surface area contributed by atoms with Crippen molar-refractivity contribution < 1.29 is 0 Å². The van der Waals surface area contributed by atoms with E-state index in [1.165, 1.54) is 32.6 Å². The van der Waals surface area contributed by atoms with Crippen LogP contribution in [0.15, 0.2) is 134 Å². The Bertz CT molecular complexity index is 2270. The van der Waals surface area contributed by atoms with Crippen LogP contribution in [0.5, 0.6) is 0 Å². The van der Waals surface area contributed by atoms with Crippen molar-refractivity contribution in [3.05, 3.63) is 134 Å². The summed E-state index contributed by atoms with van der Waals surface area (Å²) >= 11 is 0. The van der Waals surface area contributed by atoms with Crippen molar-refractivity contribution in [1.82, 2.24) is 19.1 Å². The van der Waals surface area contributed by atoms with E-state index in [1.54, 1.807) is 0 Å². The second kappa shape index (κ2) is 8.01. The van der Waals surface area contributed by atoms with Crippen molar-refractivity contribution >= 4 is 65.4 Å². The van der Waals surface area contributed by atoms with Crippen LogP contribution in [-0.4, -0.2) is 19.1 Å². The van der Waals surface area contributed by atoms with Crippen molar-refractivity contribution in [1.29, 1.82) is 0 Å². The van der Waals surface area contributed by atoms with E-state index < -0.39 is 0 Å². The van der Waals surface area contributed by atoms with Crippen molar-refractivity contribution in [2.45, 2.75) is 0 Å². The second-order valence-electron chi connectivity index (χ2n) is 10.3. The number of benzene rings is 5. The molecule has 0 unspecified atom stereocenters. The first-order valence-electron chi connectivity index (χ1n) is 13.5. The summed E-state index contributed by atoms with van der Waals surface area (Å²) < 4.78 is 4.77. The summed E-state index contributed by atoms with van der Waals surface area (Å²) in [5, 5.41) is 7.12. The molecule has 4 heteroatoms. The van der Waals surface area contributed by atoms with Crippen LogP contribution in [0.1, 0.15) is 0 Å². The number of pyridine rings is 2. The van der Waals surface area contributed by atoms with Crippen LogP contribution in [0, 0.1) is 0 Å². The molecule has 0 aliphatic heterocycles. The molecule has 5 aromatic carbocycles. The standard InChI is InChI=1S/C36H22N4/c1-5-13-31-23(9-1)19-25(21-37-31)39-33-15-7-3-11-27(33)29-17-18-30-28-12-4-8-16-34(28)40(36(30)35(29)39)26-20-24-10-2-6-14-32(24)38-22-26/h1-22H. The third-order valence-corrected chi connectivity index (χ3v) is 8.14. The number of aromatic nitrogens is 4. The van der Waals surface area contributed by atoms with Gasteiger partial charge in [-0.15, -0.1) is 0 Å². The minimum absolute atomic E-state index is 0.994. The van der Waals surface area contributed by atoms with E-state index in [4.69, 9.17) is 9.97 Å². The Morgan fingerprint density at radius 2 is 0.825 bits per heavy atom. The minimum Gasteiger partial charge on any atom is -0.306 e. The molecule has 4 aromatic heterocycles. The van der Waals surface area contributed by atoms with Crippen LogP contribution >= 0.6 is 0 Å². The molecule has 0 amide bonds. The van der Waals surface area contributed by atoms with E-state index in [0.29, 0.717) is 0 Å². The van der Waals surface area contributed by atoms with E-state index in [1.807, 2.05) is 24.5 Å². The molecule has 186 valence electrons. The topological polar surface area (TPSA) is 35.6 Å². The highest BCUT2D eigenvalue weighted by Gasteiger charge is 2.21. The smallest absolute Gasteiger partial charge is 0.0789 e. The fourth-order valence-corrected chi connectivity index (χ4v) is 6.40. The molecule has 4 nitrogen and oxygen atoms in total. The van der Waals surface area contributed by atoms with Gasteiger partial charge in [-0.25, -0.2) is 0 Å². The molecule has 0 fully saturated rings. The Morgan fingerprint density at radius 1 is 0.400 bits per heavy atom. The lowest BCUT2D eigenvalue weighted by Crippen LogP contribution is -2.00. The predicted octanol–water partition coefficient (Wildman–Crippen LogP) is 8.98. The van der Waals surface area contributed by atoms with Gasteiger partial charge in [0.1, 0.15) is 0 Å². The van der Waals surface area contributed by atoms with E-state index in [0.717, 1.165) is 44.2 Å². The molecule has 0 bridgehead atoms. The molecular weight excluding hydrogens is 488 g/mol. The van der Waals surface area contributed by atoms with Gasteiger partial charge in [0.25, 0.3) is 0 Å². The van der Waals surface area contributed by atoms with Crippen LogP contribution in [0.2, 0.25) is 0 Å². The maximum atomic E-state index is 4.85. The van der Waals surface area contributed by atoms with Gasteiger partial charge in [0.05, 0.1) is 56.9 Å². The molecule has 0 saturated carbocycles. The lowest BCUT2D eigenvalue weighted by atomic mass is 10.1. The second-order valence-corrected chi connectivity index (χ2v) is 10.3. The maximum absolute atomic E-state index is 4.85. The molecule has 0 N–H and O–H groups in total. The summed E-state index contributed by atoms with van der Waals surface area (Å²) in [6.07, 6.45) is 4.00. The summed E-state index contributed by atoms with van der Waals surface area (Å²) in [4.78, 5) is 9.70. The van der Waals surface area contributed by atoms with Crippen LogP contribution in [0.25, 0.3) is 76.8 Å². The van der Waals surface area contributed by atoms with Crippen LogP contribution < -0.4 is 0 Å². The minimum atomic E-state index is 0.994. The molecular formula is C36H22N4. The van der Waals surface area contributed by atoms with Gasteiger partial charge in [-0.1, -0.05) is 84.9 Å². The molecule has 0 aliphatic rings. The molecule has 0 spiro atoms. The lowest BCUT2D eigenvalue weighted by molar-refractivity contribution is 1.13. The summed E-state index contributed by atoms with van der Waals surface area (Å²) in [6, 6.07) is 43.0. The largest absolute Gasteiger partial charge is 0.306 e. The Kier molecular flexibility index (Phi) is 4.30. The zero-order chi connectivity index (χ0) is 26.2. The molecule has 0 atom stereocenters. The molecule has 0 aliphatic carbocycles. The lowest BCUT2D eigenvalue weighted by Gasteiger charge is -2.13. The Balaban J connectivity index is 1.51. The van der Waals surface area contributed by atoms with Gasteiger partial charge in [-0.2, -0.15) is 0 Å². The van der Waals surface area contributed by atoms with E-state index >= 15 is 0 Å². The Morgan fingerprint density at radius 3 is 1.32 bits per heavy atom. The first kappa shape index (κ1) is 21.5. The molecule has 4 heterocycles. The molecule has 0 saturated heterocycles. The van der Waals surface area contributed by atoms with Crippen LogP contribution in [0.4, 0.5) is 0 Å². The molecule has 9 aromatic rings. The maximum Gasteiger partial charge on any atom is 0.0789 e. The Hall–Kier alpha value is -5.48. The number of nitrogens with zero attached hydrogens (tertiary/aromatic N) is 4. The highest BCUT2D eigenvalue weighted by atomic mass is 15.1. The van der Waals surface area contributed by atoms with E-state index in [-0.39, 0.29) is 0 Å². The predicted molar refractivity (Wildman–Crippen MR) is 166 cm³/mol. The average molecular weight is 511 g/mol. The van der Waals surface area contributed by atoms with Gasteiger partial charge >= 0.3 is 0 Å². The van der Waals surface area contributed by atoms with E-state index in [9.17, 15) is 0 Å². The van der Waals surface area contributed by atoms with Crippen molar-refractivity contribution in [2.75, 3.05) is 0 Å². The highest BCUT2D eigenvalue weighted by molar-refractivity contribution is 6.23. The SMILES string of the molecule is c1ccc2ncc(-n3c4ccccc4c4ccc5c6ccccc6n(-c6cnc7ccccc7c6)c5c43)cc2c1. The van der Waals surface area contributed by atoms with Crippen LogP contribution in [0.3, 0.4) is 0 Å². The van der Waals surface area contributed by atoms with Gasteiger partial charge in [-0.3, -0.25) is 9.97 Å². The Labute approximate surface area is 229 Å². The van der Waals surface area contributed by atoms with Gasteiger partial charge in [-0.05, 0) is 36.4 Å². The quantitative estimate of drug-likeness (QED) is 0.233. The summed E-state index contributed by atoms with van der Waals surface area (Å²) in [5.41, 5.74) is 8.74. The number of para-hydroxylation sites is 4. The average Bonchev–Trinajstić information content (AvgIpc) is 3.54. The van der Waals surface area contributed by atoms with Gasteiger partial charge in [0.2, 0.25) is 0 Å². The fraction of sp³-hybridized carbons (Fsp3) is 0. The first-order chi connectivity index (χ1) is 19.8. The monoisotopic (exact) mass is 510 g/mol. The number of hydrogen-bond acceptors (Lipinski definition) is 2. The molecule has 9 rings (SSSR count). The van der Waals surface area contributed by atoms with Crippen molar-refractivity contribution in [2.24, 2.45) is 0 Å². The number of fused-ring (bicyclic) bond motifs is 9. The zero-order valence-corrected chi connectivity index (χ0v) is 21.5. The third-order valence-electron chi connectivity index (χ3n) is 8.14. The van der Waals surface area contributed by atoms with Gasteiger partial charge in [0, 0.05) is 32.3 Å². The van der Waals surface area contributed by atoms with Crippen molar-refractivity contribution in [3.8, 4) is 11.4 Å². The van der Waals surface area contributed by atoms with Gasteiger partial charge < -0.3 is 9.13 Å². The normalized spacial score (nSPS) is 12.0. The van der Waals surface area contributed by atoms with E-state index in [2.05, 4.69) is 118 Å². The summed E-state index contributed by atoms with van der Waals surface area (Å²) in [5.74, 6) is 0. The van der Waals surface area contributed by atoms with Crippen molar-refractivity contribution in [3.63, 3.8) is 0 Å². The first-order valence-corrected chi connectivity index (χ1v) is 13.5. The fourth-order valence-electron chi connectivity index (χ4n) is 6.40.